The molecule has 0 amide bonds. The molecule has 2 nitrogen and oxygen atoms in total. The van der Waals surface area contributed by atoms with E-state index < -0.39 is 18.9 Å². The maximum atomic E-state index is 11.9. The zero-order valence-corrected chi connectivity index (χ0v) is 11.1. The maximum Gasteiger partial charge on any atom is 0.411 e. The highest BCUT2D eigenvalue weighted by molar-refractivity contribution is 5.25. The monoisotopic (exact) mass is 276 g/mol. The summed E-state index contributed by atoms with van der Waals surface area (Å²) < 4.78 is 40.2. The Morgan fingerprint density at radius 2 is 1.95 bits per heavy atom. The van der Waals surface area contributed by atoms with Crippen LogP contribution in [-0.4, -0.2) is 24.5 Å². The minimum Gasteiger partial charge on any atom is -0.386 e. The van der Waals surface area contributed by atoms with Gasteiger partial charge in [-0.2, -0.15) is 13.2 Å². The lowest BCUT2D eigenvalue weighted by atomic mass is 9.99. The highest BCUT2D eigenvalue weighted by Gasteiger charge is 2.27. The van der Waals surface area contributed by atoms with Crippen LogP contribution in [0.25, 0.3) is 0 Å². The van der Waals surface area contributed by atoms with Gasteiger partial charge in [-0.25, -0.2) is 0 Å². The Hall–Kier alpha value is -1.07. The number of hydrogen-bond donors (Lipinski definition) is 1. The highest BCUT2D eigenvalue weighted by atomic mass is 19.4. The van der Waals surface area contributed by atoms with Gasteiger partial charge in [-0.3, -0.25) is 0 Å². The summed E-state index contributed by atoms with van der Waals surface area (Å²) in [6.07, 6.45) is -4.53. The zero-order valence-electron chi connectivity index (χ0n) is 11.1. The molecule has 0 spiro atoms. The van der Waals surface area contributed by atoms with Crippen LogP contribution in [0.3, 0.4) is 0 Å². The summed E-state index contributed by atoms with van der Waals surface area (Å²) in [7, 11) is 0. The maximum absolute atomic E-state index is 11.9. The normalized spacial score (nSPS) is 13.8. The number of halogens is 3. The molecule has 1 aromatic carbocycles. The second-order valence-electron chi connectivity index (χ2n) is 4.99. The Morgan fingerprint density at radius 3 is 2.53 bits per heavy atom. The first-order valence-electron chi connectivity index (χ1n) is 6.19. The lowest BCUT2D eigenvalue weighted by molar-refractivity contribution is -0.179. The van der Waals surface area contributed by atoms with Crippen LogP contribution in [0.1, 0.15) is 31.1 Å². The third kappa shape index (κ3) is 6.59. The number of hydrogen-bond acceptors (Lipinski definition) is 2. The van der Waals surface area contributed by atoms with Gasteiger partial charge in [0.15, 0.2) is 0 Å². The predicted molar refractivity (Wildman–Crippen MR) is 66.8 cm³/mol. The van der Waals surface area contributed by atoms with E-state index in [1.54, 1.807) is 12.1 Å². The van der Waals surface area contributed by atoms with E-state index in [1.807, 2.05) is 12.1 Å². The fraction of sp³-hybridized carbons (Fsp3) is 0.571. The molecule has 1 atom stereocenters. The van der Waals surface area contributed by atoms with Crippen LogP contribution in [-0.2, 0) is 11.2 Å². The molecule has 1 aromatic rings. The topological polar surface area (TPSA) is 29.5 Å². The molecule has 0 saturated heterocycles. The summed E-state index contributed by atoms with van der Waals surface area (Å²) in [6, 6.07) is 7.22. The van der Waals surface area contributed by atoms with E-state index in [2.05, 4.69) is 18.6 Å². The van der Waals surface area contributed by atoms with Gasteiger partial charge in [-0.05, 0) is 23.5 Å². The van der Waals surface area contributed by atoms with Crippen molar-refractivity contribution >= 4 is 0 Å². The zero-order chi connectivity index (χ0) is 14.5. The molecule has 0 radical (unpaired) electrons. The summed E-state index contributed by atoms with van der Waals surface area (Å²) >= 11 is 0. The molecule has 19 heavy (non-hydrogen) atoms. The molecule has 0 heterocycles. The van der Waals surface area contributed by atoms with Crippen LogP contribution in [0.15, 0.2) is 24.3 Å². The summed E-state index contributed by atoms with van der Waals surface area (Å²) in [6.45, 7) is 2.46. The van der Waals surface area contributed by atoms with Gasteiger partial charge in [0.1, 0.15) is 12.7 Å². The van der Waals surface area contributed by atoms with E-state index in [0.29, 0.717) is 11.5 Å². The van der Waals surface area contributed by atoms with Gasteiger partial charge in [-0.15, -0.1) is 0 Å². The largest absolute Gasteiger partial charge is 0.411 e. The second kappa shape index (κ2) is 6.91. The number of alkyl halides is 3. The van der Waals surface area contributed by atoms with E-state index in [-0.39, 0.29) is 6.61 Å². The third-order valence-electron chi connectivity index (χ3n) is 2.52. The van der Waals surface area contributed by atoms with E-state index in [9.17, 15) is 18.3 Å². The van der Waals surface area contributed by atoms with Crippen molar-refractivity contribution in [2.24, 2.45) is 5.92 Å². The molecular formula is C14H19F3O2. The minimum absolute atomic E-state index is 0.357. The first-order chi connectivity index (χ1) is 8.78. The number of aliphatic hydroxyl groups excluding tert-OH is 1. The number of rotatable bonds is 6. The van der Waals surface area contributed by atoms with Crippen molar-refractivity contribution in [1.82, 2.24) is 0 Å². The molecule has 1 unspecified atom stereocenters. The van der Waals surface area contributed by atoms with Crippen LogP contribution >= 0.6 is 0 Å². The van der Waals surface area contributed by atoms with Crippen molar-refractivity contribution in [2.45, 2.75) is 32.5 Å². The molecule has 1 N–H and O–H groups in total. The standard InChI is InChI=1S/C14H19F3O2/c1-10(2)6-11-4-3-5-12(7-11)13(18)8-19-9-14(15,16)17/h3-5,7,10,13,18H,6,8-9H2,1-2H3. The smallest absolute Gasteiger partial charge is 0.386 e. The predicted octanol–water partition coefficient (Wildman–Crippen LogP) is 3.50. The van der Waals surface area contributed by atoms with E-state index in [0.717, 1.165) is 12.0 Å². The van der Waals surface area contributed by atoms with Gasteiger partial charge >= 0.3 is 6.18 Å². The molecule has 108 valence electrons. The van der Waals surface area contributed by atoms with Crippen LogP contribution < -0.4 is 0 Å². The Bertz CT molecular complexity index is 389. The van der Waals surface area contributed by atoms with Crippen molar-refractivity contribution in [3.8, 4) is 0 Å². The SMILES string of the molecule is CC(C)Cc1cccc(C(O)COCC(F)(F)F)c1. The fourth-order valence-corrected chi connectivity index (χ4v) is 1.78. The second-order valence-corrected chi connectivity index (χ2v) is 4.99. The van der Waals surface area contributed by atoms with Gasteiger partial charge < -0.3 is 9.84 Å². The average molecular weight is 276 g/mol. The quantitative estimate of drug-likeness (QED) is 0.861. The molecule has 0 saturated carbocycles. The van der Waals surface area contributed by atoms with Gasteiger partial charge in [0.25, 0.3) is 0 Å². The Labute approximate surface area is 111 Å². The van der Waals surface area contributed by atoms with Gasteiger partial charge in [-0.1, -0.05) is 38.1 Å². The molecule has 0 fully saturated rings. The van der Waals surface area contributed by atoms with E-state index >= 15 is 0 Å². The number of aliphatic hydroxyl groups is 1. The Kier molecular flexibility index (Phi) is 5.82. The lowest BCUT2D eigenvalue weighted by Gasteiger charge is -2.14. The summed E-state index contributed by atoms with van der Waals surface area (Å²) in [4.78, 5) is 0. The van der Waals surface area contributed by atoms with Crippen molar-refractivity contribution in [1.29, 1.82) is 0 Å². The Morgan fingerprint density at radius 1 is 1.26 bits per heavy atom. The first-order valence-corrected chi connectivity index (χ1v) is 6.19. The minimum atomic E-state index is -4.36. The first kappa shape index (κ1) is 16.0. The average Bonchev–Trinajstić information content (AvgIpc) is 2.26. The van der Waals surface area contributed by atoms with E-state index in [1.165, 1.54) is 0 Å². The molecule has 0 aromatic heterocycles. The number of benzene rings is 1. The number of ether oxygens (including phenoxy) is 1. The van der Waals surface area contributed by atoms with Gasteiger partial charge in [0.2, 0.25) is 0 Å². The van der Waals surface area contributed by atoms with Crippen molar-refractivity contribution in [3.05, 3.63) is 35.4 Å². The van der Waals surface area contributed by atoms with Crippen LogP contribution in [0, 0.1) is 5.92 Å². The molecule has 0 aliphatic heterocycles. The summed E-state index contributed by atoms with van der Waals surface area (Å²) in [5.74, 6) is 0.480. The van der Waals surface area contributed by atoms with E-state index in [4.69, 9.17) is 0 Å². The molecule has 0 bridgehead atoms. The van der Waals surface area contributed by atoms with Crippen molar-refractivity contribution in [3.63, 3.8) is 0 Å². The summed E-state index contributed by atoms with van der Waals surface area (Å²) in [5, 5.41) is 9.78. The van der Waals surface area contributed by atoms with Crippen molar-refractivity contribution in [2.75, 3.05) is 13.2 Å². The highest BCUT2D eigenvalue weighted by Crippen LogP contribution is 2.19. The Balaban J connectivity index is 2.54. The van der Waals surface area contributed by atoms with Gasteiger partial charge in [0.05, 0.1) is 6.61 Å². The van der Waals surface area contributed by atoms with Crippen molar-refractivity contribution < 1.29 is 23.0 Å². The van der Waals surface area contributed by atoms with Crippen LogP contribution in [0.5, 0.6) is 0 Å². The molecule has 0 aliphatic carbocycles. The van der Waals surface area contributed by atoms with Crippen LogP contribution in [0.4, 0.5) is 13.2 Å². The fourth-order valence-electron chi connectivity index (χ4n) is 1.78. The molecular weight excluding hydrogens is 257 g/mol. The lowest BCUT2D eigenvalue weighted by Crippen LogP contribution is -2.19. The molecule has 0 aliphatic rings. The van der Waals surface area contributed by atoms with Crippen LogP contribution in [0.2, 0.25) is 0 Å². The molecule has 5 heteroatoms. The molecule has 1 rings (SSSR count). The summed E-state index contributed by atoms with van der Waals surface area (Å²) in [5.41, 5.74) is 1.64. The third-order valence-corrected chi connectivity index (χ3v) is 2.52. The van der Waals surface area contributed by atoms with Gasteiger partial charge in [0, 0.05) is 0 Å².